The lowest BCUT2D eigenvalue weighted by Crippen LogP contribution is -2.42. The summed E-state index contributed by atoms with van der Waals surface area (Å²) in [6.45, 7) is 2.26. The van der Waals surface area contributed by atoms with Gasteiger partial charge in [-0.05, 0) is 38.1 Å². The molecule has 0 radical (unpaired) electrons. The number of nitrogen functional groups attached to an aromatic ring is 1. The lowest BCUT2D eigenvalue weighted by Gasteiger charge is -2.22. The van der Waals surface area contributed by atoms with E-state index in [4.69, 9.17) is 11.0 Å². The highest BCUT2D eigenvalue weighted by Crippen LogP contribution is 2.27. The van der Waals surface area contributed by atoms with E-state index in [9.17, 15) is 14.3 Å². The number of pyridine rings is 1. The minimum Gasteiger partial charge on any atom is -0.387 e. The summed E-state index contributed by atoms with van der Waals surface area (Å²) in [5.74, 6) is -0.501. The summed E-state index contributed by atoms with van der Waals surface area (Å²) in [4.78, 5) is 25.2. The second-order valence-electron chi connectivity index (χ2n) is 8.31. The third-order valence-corrected chi connectivity index (χ3v) is 5.20. The number of halogens is 1. The van der Waals surface area contributed by atoms with Crippen LogP contribution in [0.2, 0.25) is 0 Å². The minimum absolute atomic E-state index is 0.0898. The van der Waals surface area contributed by atoms with Crippen LogP contribution < -0.4 is 16.4 Å². The van der Waals surface area contributed by atoms with Crippen molar-refractivity contribution in [3.05, 3.63) is 60.2 Å². The largest absolute Gasteiger partial charge is 0.387 e. The lowest BCUT2D eigenvalue weighted by molar-refractivity contribution is -0.00177. The molecule has 4 aromatic heterocycles. The van der Waals surface area contributed by atoms with E-state index in [1.165, 1.54) is 38.6 Å². The molecule has 4 heterocycles. The summed E-state index contributed by atoms with van der Waals surface area (Å²) in [5, 5.41) is 28.8. The average Bonchev–Trinajstić information content (AvgIpc) is 3.26. The van der Waals surface area contributed by atoms with E-state index in [-0.39, 0.29) is 18.1 Å². The summed E-state index contributed by atoms with van der Waals surface area (Å²) in [5.41, 5.74) is 7.12. The zero-order valence-corrected chi connectivity index (χ0v) is 18.9. The first-order valence-electron chi connectivity index (χ1n) is 10.5. The molecule has 0 bridgehead atoms. The molecular formula is C23H22FN9O2. The number of aliphatic hydroxyl groups is 1. The van der Waals surface area contributed by atoms with Crippen LogP contribution >= 0.6 is 0 Å². The van der Waals surface area contributed by atoms with Gasteiger partial charge in [0.2, 0.25) is 5.95 Å². The number of nitriles is 1. The second kappa shape index (κ2) is 9.32. The molecule has 5 N–H and O–H groups in total. The average molecular weight is 475 g/mol. The molecule has 0 unspecified atom stereocenters. The van der Waals surface area contributed by atoms with Crippen LogP contribution in [0.25, 0.3) is 16.9 Å². The SMILES string of the molecule is CC(C)(O)[C@H](F)CNC(=O)c1cnc(-c2ccc3cc(C#N)cnn23)cc1Nc1cnc(N)nc1. The van der Waals surface area contributed by atoms with Crippen molar-refractivity contribution in [2.24, 2.45) is 0 Å². The van der Waals surface area contributed by atoms with E-state index in [0.717, 1.165) is 0 Å². The number of nitrogens with zero attached hydrogens (tertiary/aromatic N) is 6. The number of nitrogens with one attached hydrogen (secondary N) is 2. The topological polar surface area (TPSA) is 167 Å². The van der Waals surface area contributed by atoms with Crippen molar-refractivity contribution in [3.63, 3.8) is 0 Å². The Balaban J connectivity index is 1.71. The van der Waals surface area contributed by atoms with Crippen LogP contribution in [0.15, 0.2) is 49.1 Å². The molecule has 0 aliphatic carbocycles. The Labute approximate surface area is 199 Å². The van der Waals surface area contributed by atoms with Crippen LogP contribution in [0.4, 0.5) is 21.7 Å². The highest BCUT2D eigenvalue weighted by atomic mass is 19.1. The van der Waals surface area contributed by atoms with E-state index in [1.807, 2.05) is 6.07 Å². The molecular weight excluding hydrogens is 453 g/mol. The summed E-state index contributed by atoms with van der Waals surface area (Å²) in [6, 6.07) is 8.96. The minimum atomic E-state index is -1.67. The molecule has 0 saturated carbocycles. The number of carbonyl (C=O) groups is 1. The van der Waals surface area contributed by atoms with Crippen LogP contribution in [0.3, 0.4) is 0 Å². The highest BCUT2D eigenvalue weighted by molar-refractivity contribution is 6.00. The number of alkyl halides is 1. The number of nitrogens with two attached hydrogens (primary N) is 1. The van der Waals surface area contributed by atoms with Gasteiger partial charge >= 0.3 is 0 Å². The van der Waals surface area contributed by atoms with Gasteiger partial charge in [0.25, 0.3) is 5.91 Å². The first-order chi connectivity index (χ1) is 16.7. The van der Waals surface area contributed by atoms with Crippen molar-refractivity contribution in [1.82, 2.24) is 29.9 Å². The fraction of sp³-hybridized carbons (Fsp3) is 0.217. The number of hydrogen-bond donors (Lipinski definition) is 4. The van der Waals surface area contributed by atoms with Gasteiger partial charge in [0, 0.05) is 6.20 Å². The molecule has 0 fully saturated rings. The van der Waals surface area contributed by atoms with Crippen LogP contribution in [0.5, 0.6) is 0 Å². The van der Waals surface area contributed by atoms with Gasteiger partial charge < -0.3 is 21.5 Å². The van der Waals surface area contributed by atoms with Gasteiger partial charge in [-0.2, -0.15) is 10.4 Å². The molecule has 12 heteroatoms. The van der Waals surface area contributed by atoms with E-state index in [0.29, 0.717) is 33.8 Å². The normalized spacial score (nSPS) is 12.2. The Morgan fingerprint density at radius 1 is 1.23 bits per heavy atom. The van der Waals surface area contributed by atoms with Crippen molar-refractivity contribution in [2.75, 3.05) is 17.6 Å². The Morgan fingerprint density at radius 3 is 2.66 bits per heavy atom. The van der Waals surface area contributed by atoms with E-state index in [1.54, 1.807) is 28.8 Å². The lowest BCUT2D eigenvalue weighted by atomic mass is 10.0. The third kappa shape index (κ3) is 5.15. The van der Waals surface area contributed by atoms with E-state index < -0.39 is 17.7 Å². The van der Waals surface area contributed by atoms with Crippen molar-refractivity contribution in [1.29, 1.82) is 5.26 Å². The van der Waals surface area contributed by atoms with Crippen molar-refractivity contribution in [2.45, 2.75) is 25.6 Å². The van der Waals surface area contributed by atoms with Gasteiger partial charge in [0.15, 0.2) is 0 Å². The number of rotatable bonds is 7. The number of anilines is 3. The fourth-order valence-corrected chi connectivity index (χ4v) is 3.22. The molecule has 35 heavy (non-hydrogen) atoms. The van der Waals surface area contributed by atoms with Gasteiger partial charge in [-0.15, -0.1) is 0 Å². The van der Waals surface area contributed by atoms with Gasteiger partial charge in [-0.25, -0.2) is 18.9 Å². The standard InChI is InChI=1S/C23H22FN9O2/c1-23(2,35)20(24)12-28-21(34)16-11-27-18(6-17(16)32-14-9-29-22(26)30-10-14)19-4-3-15-5-13(7-25)8-31-33(15)19/h3-6,8-11,20,35H,12H2,1-2H3,(H,27,32)(H,28,34)(H2,26,29,30)/t20-/m1/s1. The summed E-state index contributed by atoms with van der Waals surface area (Å²) >= 11 is 0. The molecule has 4 rings (SSSR count). The highest BCUT2D eigenvalue weighted by Gasteiger charge is 2.27. The Hall–Kier alpha value is -4.63. The Morgan fingerprint density at radius 2 is 1.97 bits per heavy atom. The number of aromatic nitrogens is 5. The molecule has 0 aliphatic rings. The van der Waals surface area contributed by atoms with Crippen molar-refractivity contribution < 1.29 is 14.3 Å². The zero-order valence-electron chi connectivity index (χ0n) is 18.9. The van der Waals surface area contributed by atoms with Gasteiger partial charge in [0.05, 0.1) is 70.1 Å². The van der Waals surface area contributed by atoms with Crippen molar-refractivity contribution >= 4 is 28.7 Å². The quantitative estimate of drug-likeness (QED) is 0.313. The third-order valence-electron chi connectivity index (χ3n) is 5.20. The van der Waals surface area contributed by atoms with Crippen LogP contribution in [-0.2, 0) is 0 Å². The van der Waals surface area contributed by atoms with Crippen LogP contribution in [0.1, 0.15) is 29.8 Å². The number of amides is 1. The van der Waals surface area contributed by atoms with Gasteiger partial charge in [0.1, 0.15) is 12.2 Å². The number of carbonyl (C=O) groups excluding carboxylic acids is 1. The fourth-order valence-electron chi connectivity index (χ4n) is 3.22. The summed E-state index contributed by atoms with van der Waals surface area (Å²) in [7, 11) is 0. The molecule has 0 aromatic carbocycles. The predicted octanol–water partition coefficient (Wildman–Crippen LogP) is 2.22. The molecule has 0 spiro atoms. The second-order valence-corrected chi connectivity index (χ2v) is 8.31. The van der Waals surface area contributed by atoms with E-state index >= 15 is 0 Å². The maximum absolute atomic E-state index is 14.2. The number of fused-ring (bicyclic) bond motifs is 1. The maximum atomic E-state index is 14.2. The van der Waals surface area contributed by atoms with Crippen LogP contribution in [0, 0.1) is 11.3 Å². The summed E-state index contributed by atoms with van der Waals surface area (Å²) < 4.78 is 15.8. The predicted molar refractivity (Wildman–Crippen MR) is 126 cm³/mol. The van der Waals surface area contributed by atoms with Crippen LogP contribution in [-0.4, -0.2) is 53.9 Å². The van der Waals surface area contributed by atoms with Gasteiger partial charge in [-0.1, -0.05) is 0 Å². The first-order valence-corrected chi connectivity index (χ1v) is 10.5. The molecule has 4 aromatic rings. The molecule has 11 nitrogen and oxygen atoms in total. The van der Waals surface area contributed by atoms with Gasteiger partial charge in [-0.3, -0.25) is 9.78 Å². The molecule has 1 atom stereocenters. The Bertz CT molecular complexity index is 1420. The number of hydrogen-bond acceptors (Lipinski definition) is 9. The summed E-state index contributed by atoms with van der Waals surface area (Å²) in [6.07, 6.45) is 4.03. The molecule has 0 saturated heterocycles. The molecule has 1 amide bonds. The van der Waals surface area contributed by atoms with E-state index in [2.05, 4.69) is 30.7 Å². The monoisotopic (exact) mass is 475 g/mol. The zero-order chi connectivity index (χ0) is 25.2. The first kappa shape index (κ1) is 23.5. The smallest absolute Gasteiger partial charge is 0.255 e. The Kier molecular flexibility index (Phi) is 6.26. The molecule has 0 aliphatic heterocycles. The van der Waals surface area contributed by atoms with Crippen molar-refractivity contribution in [3.8, 4) is 17.5 Å². The molecule has 178 valence electrons. The maximum Gasteiger partial charge on any atom is 0.255 e.